The average molecular weight is 423 g/mol. The van der Waals surface area contributed by atoms with Gasteiger partial charge in [-0.3, -0.25) is 4.79 Å². The Hall–Kier alpha value is -2.46. The topological polar surface area (TPSA) is 108 Å². The van der Waals surface area contributed by atoms with Crippen LogP contribution < -0.4 is 5.43 Å². The zero-order valence-electron chi connectivity index (χ0n) is 16.5. The highest BCUT2D eigenvalue weighted by molar-refractivity contribution is 7.89. The van der Waals surface area contributed by atoms with Gasteiger partial charge in [0.05, 0.1) is 11.5 Å². The first-order chi connectivity index (χ1) is 13.9. The third kappa shape index (κ3) is 5.13. The number of hydrogen-bond acceptors (Lipinski definition) is 6. The summed E-state index contributed by atoms with van der Waals surface area (Å²) in [7, 11) is -3.58. The third-order valence-corrected chi connectivity index (χ3v) is 6.88. The number of sulfonamides is 1. The SMILES string of the molecule is CCOC(=O)N1CCC(=NNC(=O)c2cccc(S(=O)(=O)N3CCCC3)c2)CC1. The molecule has 158 valence electrons. The van der Waals surface area contributed by atoms with Gasteiger partial charge in [0.15, 0.2) is 0 Å². The van der Waals surface area contributed by atoms with Crippen molar-refractivity contribution in [1.82, 2.24) is 14.6 Å². The third-order valence-electron chi connectivity index (χ3n) is 4.98. The quantitative estimate of drug-likeness (QED) is 0.728. The van der Waals surface area contributed by atoms with Gasteiger partial charge >= 0.3 is 6.09 Å². The van der Waals surface area contributed by atoms with Crippen LogP contribution in [0.15, 0.2) is 34.3 Å². The number of nitrogens with zero attached hydrogens (tertiary/aromatic N) is 3. The molecule has 10 heteroatoms. The number of rotatable bonds is 5. The molecule has 9 nitrogen and oxygen atoms in total. The van der Waals surface area contributed by atoms with Crippen LogP contribution in [-0.4, -0.2) is 68.1 Å². The Labute approximate surface area is 170 Å². The summed E-state index contributed by atoms with van der Waals surface area (Å²) in [5.74, 6) is -0.469. The normalized spacial score (nSPS) is 17.8. The molecular weight excluding hydrogens is 396 g/mol. The Morgan fingerprint density at radius 2 is 1.83 bits per heavy atom. The van der Waals surface area contributed by atoms with E-state index in [0.29, 0.717) is 45.6 Å². The zero-order valence-corrected chi connectivity index (χ0v) is 17.3. The largest absolute Gasteiger partial charge is 0.450 e. The Morgan fingerprint density at radius 3 is 2.48 bits per heavy atom. The molecular formula is C19H26N4O5S. The molecule has 0 aromatic heterocycles. The first kappa shape index (κ1) is 21.3. The van der Waals surface area contributed by atoms with Crippen molar-refractivity contribution in [3.05, 3.63) is 29.8 Å². The van der Waals surface area contributed by atoms with Gasteiger partial charge in [-0.15, -0.1) is 0 Å². The van der Waals surface area contributed by atoms with Crippen molar-refractivity contribution in [2.24, 2.45) is 5.10 Å². The molecule has 0 saturated carbocycles. The highest BCUT2D eigenvalue weighted by atomic mass is 32.2. The molecule has 0 unspecified atom stereocenters. The smallest absolute Gasteiger partial charge is 0.409 e. The number of hydrogen-bond donors (Lipinski definition) is 1. The van der Waals surface area contributed by atoms with Crippen LogP contribution in [0, 0.1) is 0 Å². The number of nitrogens with one attached hydrogen (secondary N) is 1. The molecule has 2 saturated heterocycles. The van der Waals surface area contributed by atoms with Crippen LogP contribution >= 0.6 is 0 Å². The van der Waals surface area contributed by atoms with Crippen molar-refractivity contribution in [2.45, 2.75) is 37.5 Å². The van der Waals surface area contributed by atoms with Crippen LogP contribution in [0.2, 0.25) is 0 Å². The monoisotopic (exact) mass is 422 g/mol. The fourth-order valence-electron chi connectivity index (χ4n) is 3.34. The van der Waals surface area contributed by atoms with Crippen LogP contribution in [0.25, 0.3) is 0 Å². The highest BCUT2D eigenvalue weighted by Crippen LogP contribution is 2.21. The average Bonchev–Trinajstić information content (AvgIpc) is 3.28. The van der Waals surface area contributed by atoms with E-state index in [-0.39, 0.29) is 16.6 Å². The predicted molar refractivity (Wildman–Crippen MR) is 107 cm³/mol. The number of amides is 2. The number of ether oxygens (including phenoxy) is 1. The lowest BCUT2D eigenvalue weighted by Gasteiger charge is -2.26. The van der Waals surface area contributed by atoms with Gasteiger partial charge < -0.3 is 9.64 Å². The van der Waals surface area contributed by atoms with E-state index in [0.717, 1.165) is 18.6 Å². The molecule has 1 aromatic carbocycles. The lowest BCUT2D eigenvalue weighted by Crippen LogP contribution is -2.39. The molecule has 0 bridgehead atoms. The Bertz CT molecular complexity index is 884. The van der Waals surface area contributed by atoms with Gasteiger partial charge in [-0.2, -0.15) is 9.41 Å². The van der Waals surface area contributed by atoms with Crippen LogP contribution in [0.5, 0.6) is 0 Å². The minimum Gasteiger partial charge on any atom is -0.450 e. The van der Waals surface area contributed by atoms with E-state index in [4.69, 9.17) is 4.74 Å². The van der Waals surface area contributed by atoms with Crippen LogP contribution in [-0.2, 0) is 14.8 Å². The van der Waals surface area contributed by atoms with Crippen molar-refractivity contribution in [2.75, 3.05) is 32.8 Å². The fourth-order valence-corrected chi connectivity index (χ4v) is 4.91. The van der Waals surface area contributed by atoms with E-state index < -0.39 is 15.9 Å². The zero-order chi connectivity index (χ0) is 20.9. The van der Waals surface area contributed by atoms with E-state index in [1.54, 1.807) is 24.0 Å². The van der Waals surface area contributed by atoms with E-state index in [1.807, 2.05) is 0 Å². The molecule has 2 fully saturated rings. The Balaban J connectivity index is 1.60. The number of benzene rings is 1. The van der Waals surface area contributed by atoms with Crippen molar-refractivity contribution in [3.8, 4) is 0 Å². The van der Waals surface area contributed by atoms with Gasteiger partial charge in [-0.05, 0) is 38.0 Å². The highest BCUT2D eigenvalue weighted by Gasteiger charge is 2.27. The standard InChI is InChI=1S/C19H26N4O5S/c1-2-28-19(25)22-12-8-16(9-13-22)20-21-18(24)15-6-5-7-17(14-15)29(26,27)23-10-3-4-11-23/h5-7,14H,2-4,8-13H2,1H3,(H,21,24). The summed E-state index contributed by atoms with van der Waals surface area (Å²) in [5.41, 5.74) is 3.50. The molecule has 0 atom stereocenters. The first-order valence-corrected chi connectivity index (χ1v) is 11.2. The summed E-state index contributed by atoms with van der Waals surface area (Å²) in [5, 5.41) is 4.15. The number of carbonyl (C=O) groups excluding carboxylic acids is 2. The number of hydrazone groups is 1. The molecule has 1 aromatic rings. The predicted octanol–water partition coefficient (Wildman–Crippen LogP) is 1.81. The maximum absolute atomic E-state index is 12.7. The molecule has 1 N–H and O–H groups in total. The fraction of sp³-hybridized carbons (Fsp3) is 0.526. The summed E-state index contributed by atoms with van der Waals surface area (Å²) < 4.78 is 31.8. The molecule has 2 amide bonds. The van der Waals surface area contributed by atoms with Gasteiger partial charge in [0, 0.05) is 50.3 Å². The van der Waals surface area contributed by atoms with Crippen molar-refractivity contribution in [3.63, 3.8) is 0 Å². The van der Waals surface area contributed by atoms with Gasteiger partial charge in [-0.1, -0.05) is 6.07 Å². The van der Waals surface area contributed by atoms with E-state index in [9.17, 15) is 18.0 Å². The number of likely N-dealkylation sites (tertiary alicyclic amines) is 1. The summed E-state index contributed by atoms with van der Waals surface area (Å²) in [6, 6.07) is 6.00. The molecule has 0 aliphatic carbocycles. The minimum atomic E-state index is -3.58. The Morgan fingerprint density at radius 1 is 1.14 bits per heavy atom. The maximum atomic E-state index is 12.7. The van der Waals surface area contributed by atoms with Gasteiger partial charge in [0.1, 0.15) is 0 Å². The maximum Gasteiger partial charge on any atom is 0.409 e. The molecule has 2 aliphatic rings. The Kier molecular flexibility index (Phi) is 6.86. The van der Waals surface area contributed by atoms with Crippen LogP contribution in [0.1, 0.15) is 43.0 Å². The summed E-state index contributed by atoms with van der Waals surface area (Å²) >= 11 is 0. The first-order valence-electron chi connectivity index (χ1n) is 9.79. The molecule has 0 spiro atoms. The summed E-state index contributed by atoms with van der Waals surface area (Å²) in [6.07, 6.45) is 2.45. The molecule has 2 heterocycles. The van der Waals surface area contributed by atoms with Crippen molar-refractivity contribution >= 4 is 27.7 Å². The van der Waals surface area contributed by atoms with Crippen LogP contribution in [0.4, 0.5) is 4.79 Å². The van der Waals surface area contributed by atoms with Crippen molar-refractivity contribution in [1.29, 1.82) is 0 Å². The second-order valence-corrected chi connectivity index (χ2v) is 8.88. The molecule has 3 rings (SSSR count). The molecule has 2 aliphatic heterocycles. The lowest BCUT2D eigenvalue weighted by atomic mass is 10.1. The molecule has 29 heavy (non-hydrogen) atoms. The number of carbonyl (C=O) groups is 2. The van der Waals surface area contributed by atoms with Crippen molar-refractivity contribution < 1.29 is 22.7 Å². The van der Waals surface area contributed by atoms with Gasteiger partial charge in [0.2, 0.25) is 10.0 Å². The summed E-state index contributed by atoms with van der Waals surface area (Å²) in [4.78, 5) is 25.9. The van der Waals surface area contributed by atoms with Crippen LogP contribution in [0.3, 0.4) is 0 Å². The van der Waals surface area contributed by atoms with E-state index in [2.05, 4.69) is 10.5 Å². The second kappa shape index (κ2) is 9.36. The van der Waals surface area contributed by atoms with E-state index >= 15 is 0 Å². The van der Waals surface area contributed by atoms with Gasteiger partial charge in [-0.25, -0.2) is 18.6 Å². The minimum absolute atomic E-state index is 0.113. The van der Waals surface area contributed by atoms with Gasteiger partial charge in [0.25, 0.3) is 5.91 Å². The van der Waals surface area contributed by atoms with E-state index in [1.165, 1.54) is 16.4 Å². The number of piperidine rings is 1. The summed E-state index contributed by atoms with van der Waals surface area (Å²) in [6.45, 7) is 4.08. The lowest BCUT2D eigenvalue weighted by molar-refractivity contribution is 0.0951. The molecule has 0 radical (unpaired) electrons. The second-order valence-electron chi connectivity index (χ2n) is 6.94.